The number of aryl methyl sites for hydroxylation is 1. The summed E-state index contributed by atoms with van der Waals surface area (Å²) in [5, 5.41) is 10.2. The predicted octanol–water partition coefficient (Wildman–Crippen LogP) is 3.62. The number of phenols is 1. The van der Waals surface area contributed by atoms with Crippen LogP contribution in [-0.4, -0.2) is 17.7 Å². The molecule has 2 rings (SSSR count). The normalized spacial score (nSPS) is 10.3. The number of hydrogen-bond donors (Lipinski definition) is 1. The zero-order valence-corrected chi connectivity index (χ0v) is 13.1. The van der Waals surface area contributed by atoms with Crippen LogP contribution in [0.2, 0.25) is 0 Å². The summed E-state index contributed by atoms with van der Waals surface area (Å²) in [5.74, 6) is 0.915. The highest BCUT2D eigenvalue weighted by atomic mass is 16.5. The highest BCUT2D eigenvalue weighted by Crippen LogP contribution is 2.30. The molecule has 0 amide bonds. The molecule has 0 saturated heterocycles. The van der Waals surface area contributed by atoms with Gasteiger partial charge in [-0.05, 0) is 43.2 Å². The van der Waals surface area contributed by atoms with Gasteiger partial charge in [0.25, 0.3) is 0 Å². The van der Waals surface area contributed by atoms with Crippen molar-refractivity contribution in [3.05, 3.63) is 53.1 Å². The van der Waals surface area contributed by atoms with Crippen LogP contribution in [0.5, 0.6) is 17.2 Å². The first kappa shape index (κ1) is 15.9. The van der Waals surface area contributed by atoms with E-state index in [1.807, 2.05) is 38.1 Å². The van der Waals surface area contributed by atoms with E-state index < -0.39 is 5.97 Å². The summed E-state index contributed by atoms with van der Waals surface area (Å²) in [4.78, 5) is 11.0. The summed E-state index contributed by atoms with van der Waals surface area (Å²) >= 11 is 0. The summed E-state index contributed by atoms with van der Waals surface area (Å²) in [7, 11) is 0. The molecule has 0 aromatic heterocycles. The fraction of sp³-hybridized carbons (Fsp3) is 0.278. The van der Waals surface area contributed by atoms with E-state index >= 15 is 0 Å². The minimum atomic E-state index is -0.405. The lowest BCUT2D eigenvalue weighted by atomic mass is 9.99. The van der Waals surface area contributed by atoms with Gasteiger partial charge in [-0.15, -0.1) is 0 Å². The minimum Gasteiger partial charge on any atom is -0.508 e. The Bertz CT molecular complexity index is 636. The molecule has 4 heteroatoms. The zero-order valence-electron chi connectivity index (χ0n) is 13.1. The first-order chi connectivity index (χ1) is 10.5. The lowest BCUT2D eigenvalue weighted by molar-refractivity contribution is -0.131. The van der Waals surface area contributed by atoms with Gasteiger partial charge in [0.2, 0.25) is 0 Å². The van der Waals surface area contributed by atoms with Crippen molar-refractivity contribution in [2.45, 2.75) is 27.2 Å². The van der Waals surface area contributed by atoms with Crippen LogP contribution >= 0.6 is 0 Å². The Morgan fingerprint density at radius 3 is 2.36 bits per heavy atom. The van der Waals surface area contributed by atoms with Gasteiger partial charge in [-0.2, -0.15) is 0 Å². The molecule has 0 spiro atoms. The predicted molar refractivity (Wildman–Crippen MR) is 84.6 cm³/mol. The maximum Gasteiger partial charge on any atom is 0.308 e. The molecule has 0 bridgehead atoms. The van der Waals surface area contributed by atoms with Gasteiger partial charge in [-0.3, -0.25) is 4.79 Å². The van der Waals surface area contributed by atoms with Crippen LogP contribution in [0.1, 0.15) is 30.5 Å². The van der Waals surface area contributed by atoms with Gasteiger partial charge in [-0.1, -0.05) is 12.1 Å². The summed E-state index contributed by atoms with van der Waals surface area (Å²) in [5.41, 5.74) is 2.77. The van der Waals surface area contributed by atoms with Crippen molar-refractivity contribution in [2.24, 2.45) is 0 Å². The average Bonchev–Trinajstić information content (AvgIpc) is 2.44. The molecule has 0 aliphatic heterocycles. The van der Waals surface area contributed by atoms with Crippen LogP contribution in [0.4, 0.5) is 0 Å². The average molecular weight is 300 g/mol. The van der Waals surface area contributed by atoms with Crippen LogP contribution in [0.15, 0.2) is 36.4 Å². The number of phenolic OH excluding ortho intramolecular Hbond substituents is 1. The highest BCUT2D eigenvalue weighted by molar-refractivity contribution is 5.69. The Hall–Kier alpha value is -2.49. The van der Waals surface area contributed by atoms with Gasteiger partial charge < -0.3 is 14.6 Å². The van der Waals surface area contributed by atoms with E-state index in [9.17, 15) is 9.90 Å². The Kier molecular flexibility index (Phi) is 5.04. The minimum absolute atomic E-state index is 0.130. The molecule has 0 unspecified atom stereocenters. The molecule has 116 valence electrons. The van der Waals surface area contributed by atoms with Crippen molar-refractivity contribution in [1.82, 2.24) is 0 Å². The summed E-state index contributed by atoms with van der Waals surface area (Å²) in [6, 6.07) is 11.0. The Labute approximate surface area is 130 Å². The monoisotopic (exact) mass is 300 g/mol. The zero-order chi connectivity index (χ0) is 16.1. The van der Waals surface area contributed by atoms with Gasteiger partial charge in [0.1, 0.15) is 17.2 Å². The van der Waals surface area contributed by atoms with Crippen LogP contribution in [0.25, 0.3) is 0 Å². The van der Waals surface area contributed by atoms with E-state index in [0.29, 0.717) is 18.8 Å². The van der Waals surface area contributed by atoms with E-state index in [0.717, 1.165) is 22.4 Å². The SMILES string of the molecule is CCOc1ccc(Cc2c(C)cc(OC(C)=O)cc2O)cc1. The lowest BCUT2D eigenvalue weighted by Gasteiger charge is -2.12. The molecule has 0 saturated carbocycles. The number of carbonyl (C=O) groups excluding carboxylic acids is 1. The number of carbonyl (C=O) groups is 1. The lowest BCUT2D eigenvalue weighted by Crippen LogP contribution is -2.02. The van der Waals surface area contributed by atoms with Crippen molar-refractivity contribution < 1.29 is 19.4 Å². The molecule has 2 aromatic carbocycles. The van der Waals surface area contributed by atoms with Gasteiger partial charge in [-0.25, -0.2) is 0 Å². The van der Waals surface area contributed by atoms with Crippen molar-refractivity contribution in [1.29, 1.82) is 0 Å². The van der Waals surface area contributed by atoms with Crippen molar-refractivity contribution in [3.63, 3.8) is 0 Å². The number of ether oxygens (including phenoxy) is 2. The Balaban J connectivity index is 2.20. The molecular formula is C18H20O4. The molecule has 0 fully saturated rings. The fourth-order valence-electron chi connectivity index (χ4n) is 2.30. The smallest absolute Gasteiger partial charge is 0.308 e. The number of rotatable bonds is 5. The Morgan fingerprint density at radius 1 is 1.14 bits per heavy atom. The second-order valence-corrected chi connectivity index (χ2v) is 5.09. The third kappa shape index (κ3) is 4.01. The summed E-state index contributed by atoms with van der Waals surface area (Å²) in [6.07, 6.45) is 0.602. The van der Waals surface area contributed by atoms with E-state index in [1.54, 1.807) is 6.07 Å². The summed E-state index contributed by atoms with van der Waals surface area (Å²) in [6.45, 7) is 5.80. The molecule has 4 nitrogen and oxygen atoms in total. The molecule has 0 radical (unpaired) electrons. The van der Waals surface area contributed by atoms with Crippen LogP contribution in [0, 0.1) is 6.92 Å². The largest absolute Gasteiger partial charge is 0.508 e. The number of aromatic hydroxyl groups is 1. The topological polar surface area (TPSA) is 55.8 Å². The van der Waals surface area contributed by atoms with Crippen molar-refractivity contribution >= 4 is 5.97 Å². The number of esters is 1. The molecule has 22 heavy (non-hydrogen) atoms. The fourth-order valence-corrected chi connectivity index (χ4v) is 2.30. The number of benzene rings is 2. The van der Waals surface area contributed by atoms with Crippen LogP contribution in [-0.2, 0) is 11.2 Å². The van der Waals surface area contributed by atoms with Gasteiger partial charge >= 0.3 is 5.97 Å². The molecular weight excluding hydrogens is 280 g/mol. The molecule has 0 aliphatic rings. The Morgan fingerprint density at radius 2 is 1.82 bits per heavy atom. The van der Waals surface area contributed by atoms with E-state index in [4.69, 9.17) is 9.47 Å². The maximum absolute atomic E-state index is 11.0. The first-order valence-electron chi connectivity index (χ1n) is 7.22. The van der Waals surface area contributed by atoms with Crippen LogP contribution < -0.4 is 9.47 Å². The first-order valence-corrected chi connectivity index (χ1v) is 7.22. The van der Waals surface area contributed by atoms with E-state index in [2.05, 4.69) is 0 Å². The quantitative estimate of drug-likeness (QED) is 0.677. The third-order valence-corrected chi connectivity index (χ3v) is 3.30. The van der Waals surface area contributed by atoms with Crippen LogP contribution in [0.3, 0.4) is 0 Å². The highest BCUT2D eigenvalue weighted by Gasteiger charge is 2.10. The van der Waals surface area contributed by atoms with Gasteiger partial charge in [0.15, 0.2) is 0 Å². The van der Waals surface area contributed by atoms with Gasteiger partial charge in [0, 0.05) is 25.0 Å². The van der Waals surface area contributed by atoms with Gasteiger partial charge in [0.05, 0.1) is 6.61 Å². The second kappa shape index (κ2) is 6.98. The van der Waals surface area contributed by atoms with E-state index in [-0.39, 0.29) is 5.75 Å². The molecule has 0 aliphatic carbocycles. The molecule has 2 aromatic rings. The van der Waals surface area contributed by atoms with Crippen molar-refractivity contribution in [2.75, 3.05) is 6.61 Å². The van der Waals surface area contributed by atoms with E-state index in [1.165, 1.54) is 13.0 Å². The molecule has 0 atom stereocenters. The second-order valence-electron chi connectivity index (χ2n) is 5.09. The standard InChI is InChI=1S/C18H20O4/c1-4-21-15-7-5-14(6-8-15)10-17-12(2)9-16(11-18(17)20)22-13(3)19/h5-9,11,20H,4,10H2,1-3H3. The summed E-state index contributed by atoms with van der Waals surface area (Å²) < 4.78 is 10.4. The van der Waals surface area contributed by atoms with Crippen molar-refractivity contribution in [3.8, 4) is 17.2 Å². The number of hydrogen-bond acceptors (Lipinski definition) is 4. The third-order valence-electron chi connectivity index (χ3n) is 3.30. The molecule has 0 heterocycles. The maximum atomic E-state index is 11.0. The molecule has 1 N–H and O–H groups in total.